The van der Waals surface area contributed by atoms with E-state index in [4.69, 9.17) is 15.2 Å². The first-order valence-electron chi connectivity index (χ1n) is 6.92. The number of benzene rings is 1. The molecule has 0 bridgehead atoms. The summed E-state index contributed by atoms with van der Waals surface area (Å²) in [6, 6.07) is 6.98. The van der Waals surface area contributed by atoms with Crippen molar-refractivity contribution in [3.05, 3.63) is 29.8 Å². The number of nitrogens with zero attached hydrogens (tertiary/aromatic N) is 1. The lowest BCUT2D eigenvalue weighted by atomic mass is 10.2. The second-order valence-electron chi connectivity index (χ2n) is 5.04. The van der Waals surface area contributed by atoms with E-state index in [-0.39, 0.29) is 37.3 Å². The molecule has 1 aromatic rings. The van der Waals surface area contributed by atoms with Crippen LogP contribution in [0.25, 0.3) is 0 Å². The maximum atomic E-state index is 11.8. The average Bonchev–Trinajstić information content (AvgIpc) is 2.45. The fourth-order valence-corrected chi connectivity index (χ4v) is 1.70. The van der Waals surface area contributed by atoms with Crippen LogP contribution in [0.2, 0.25) is 0 Å². The van der Waals surface area contributed by atoms with Gasteiger partial charge in [-0.3, -0.25) is 4.79 Å². The number of hydrogen-bond acceptors (Lipinski definition) is 5. The zero-order valence-corrected chi connectivity index (χ0v) is 15.4. The first-order valence-corrected chi connectivity index (χ1v) is 6.92. The first kappa shape index (κ1) is 24.2. The summed E-state index contributed by atoms with van der Waals surface area (Å²) in [5.41, 5.74) is 6.59. The average molecular weight is 368 g/mol. The molecule has 0 aliphatic rings. The number of carbonyl (C=O) groups is 1. The molecule has 1 atom stereocenters. The van der Waals surface area contributed by atoms with Gasteiger partial charge in [-0.1, -0.05) is 18.2 Å². The van der Waals surface area contributed by atoms with E-state index in [1.54, 1.807) is 0 Å². The molecule has 0 spiro atoms. The highest BCUT2D eigenvalue weighted by atomic mass is 35.5. The number of amides is 1. The zero-order chi connectivity index (χ0) is 15.7. The van der Waals surface area contributed by atoms with E-state index in [0.717, 1.165) is 17.9 Å². The van der Waals surface area contributed by atoms with Crippen molar-refractivity contribution < 1.29 is 14.3 Å². The largest absolute Gasteiger partial charge is 0.492 e. The third-order valence-electron chi connectivity index (χ3n) is 2.90. The van der Waals surface area contributed by atoms with Crippen molar-refractivity contribution in [3.63, 3.8) is 0 Å². The summed E-state index contributed by atoms with van der Waals surface area (Å²) in [5.74, 6) is 0.542. The Morgan fingerprint density at radius 3 is 2.57 bits per heavy atom. The van der Waals surface area contributed by atoms with Gasteiger partial charge in [0.25, 0.3) is 0 Å². The van der Waals surface area contributed by atoms with Crippen molar-refractivity contribution in [3.8, 4) is 5.75 Å². The van der Waals surface area contributed by atoms with Crippen LogP contribution in [0, 0.1) is 0 Å². The summed E-state index contributed by atoms with van der Waals surface area (Å²) >= 11 is 0. The highest BCUT2D eigenvalue weighted by Gasteiger charge is 2.13. The van der Waals surface area contributed by atoms with Crippen molar-refractivity contribution in [2.45, 2.75) is 12.6 Å². The molecule has 0 saturated carbocycles. The Hall–Kier alpha value is -1.05. The first-order chi connectivity index (χ1) is 10.0. The lowest BCUT2D eigenvalue weighted by Crippen LogP contribution is -2.43. The predicted octanol–water partition coefficient (Wildman–Crippen LogP) is 1.06. The van der Waals surface area contributed by atoms with Gasteiger partial charge in [0.1, 0.15) is 18.4 Å². The minimum absolute atomic E-state index is 0. The second kappa shape index (κ2) is 13.4. The van der Waals surface area contributed by atoms with Gasteiger partial charge in [-0.15, -0.1) is 24.8 Å². The summed E-state index contributed by atoms with van der Waals surface area (Å²) in [5, 5.41) is 2.79. The number of halogens is 2. The molecule has 0 aliphatic carbocycles. The summed E-state index contributed by atoms with van der Waals surface area (Å²) < 4.78 is 10.6. The molecule has 0 aromatic heterocycles. The van der Waals surface area contributed by atoms with E-state index < -0.39 is 6.04 Å². The monoisotopic (exact) mass is 367 g/mol. The van der Waals surface area contributed by atoms with E-state index in [1.807, 2.05) is 43.3 Å². The molecular formula is C15H27Cl2N3O3. The molecule has 23 heavy (non-hydrogen) atoms. The molecule has 1 aromatic carbocycles. The van der Waals surface area contributed by atoms with Gasteiger partial charge in [0.15, 0.2) is 0 Å². The highest BCUT2D eigenvalue weighted by molar-refractivity contribution is 5.85. The zero-order valence-electron chi connectivity index (χ0n) is 13.8. The van der Waals surface area contributed by atoms with Gasteiger partial charge in [0.05, 0.1) is 6.61 Å². The fraction of sp³-hybridized carbons (Fsp3) is 0.533. The number of nitrogens with one attached hydrogen (secondary N) is 1. The van der Waals surface area contributed by atoms with Crippen LogP contribution in [0.4, 0.5) is 0 Å². The van der Waals surface area contributed by atoms with Crippen LogP contribution in [0.15, 0.2) is 24.3 Å². The van der Waals surface area contributed by atoms with Crippen molar-refractivity contribution in [2.24, 2.45) is 5.73 Å². The van der Waals surface area contributed by atoms with Gasteiger partial charge in [0, 0.05) is 25.8 Å². The van der Waals surface area contributed by atoms with Crippen LogP contribution in [0.1, 0.15) is 5.56 Å². The SMILES string of the molecule is COCC(N)C(=O)NCc1ccccc1OCCN(C)C.Cl.Cl. The third kappa shape index (κ3) is 9.63. The van der Waals surface area contributed by atoms with Crippen molar-refractivity contribution >= 4 is 30.7 Å². The summed E-state index contributed by atoms with van der Waals surface area (Å²) in [6.45, 7) is 2.02. The number of methoxy groups -OCH3 is 1. The standard InChI is InChI=1S/C15H25N3O3.2ClH/c1-18(2)8-9-21-14-7-5-4-6-12(14)10-17-15(19)13(16)11-20-3;;/h4-7,13H,8-11,16H2,1-3H3,(H,17,19);2*1H. The minimum atomic E-state index is -0.656. The molecule has 0 fully saturated rings. The van der Waals surface area contributed by atoms with E-state index in [9.17, 15) is 4.79 Å². The normalized spacial score (nSPS) is 11.2. The summed E-state index contributed by atoms with van der Waals surface area (Å²) in [6.07, 6.45) is 0. The van der Waals surface area contributed by atoms with Crippen LogP contribution in [0.3, 0.4) is 0 Å². The van der Waals surface area contributed by atoms with Crippen LogP contribution in [0.5, 0.6) is 5.75 Å². The molecular weight excluding hydrogens is 341 g/mol. The molecule has 0 radical (unpaired) electrons. The number of ether oxygens (including phenoxy) is 2. The third-order valence-corrected chi connectivity index (χ3v) is 2.90. The summed E-state index contributed by atoms with van der Waals surface area (Å²) in [7, 11) is 5.50. The quantitative estimate of drug-likeness (QED) is 0.682. The van der Waals surface area contributed by atoms with Crippen LogP contribution < -0.4 is 15.8 Å². The Balaban J connectivity index is 0. The molecule has 3 N–H and O–H groups in total. The fourth-order valence-electron chi connectivity index (χ4n) is 1.70. The molecule has 1 unspecified atom stereocenters. The molecule has 134 valence electrons. The van der Waals surface area contributed by atoms with Crippen molar-refractivity contribution in [2.75, 3.05) is 41.0 Å². The number of nitrogens with two attached hydrogens (primary N) is 1. The molecule has 6 nitrogen and oxygen atoms in total. The second-order valence-corrected chi connectivity index (χ2v) is 5.04. The molecule has 1 rings (SSSR count). The Kier molecular flexibility index (Phi) is 14.1. The van der Waals surface area contributed by atoms with E-state index in [1.165, 1.54) is 7.11 Å². The molecule has 0 aliphatic heterocycles. The highest BCUT2D eigenvalue weighted by Crippen LogP contribution is 2.17. The van der Waals surface area contributed by atoms with Gasteiger partial charge in [-0.25, -0.2) is 0 Å². The number of hydrogen-bond donors (Lipinski definition) is 2. The number of para-hydroxylation sites is 1. The Bertz CT molecular complexity index is 448. The van der Waals surface area contributed by atoms with E-state index in [2.05, 4.69) is 5.32 Å². The minimum Gasteiger partial charge on any atom is -0.492 e. The lowest BCUT2D eigenvalue weighted by molar-refractivity contribution is -0.123. The maximum absolute atomic E-state index is 11.8. The van der Waals surface area contributed by atoms with E-state index >= 15 is 0 Å². The molecule has 0 heterocycles. The Morgan fingerprint density at radius 2 is 1.96 bits per heavy atom. The van der Waals surface area contributed by atoms with Gasteiger partial charge in [-0.2, -0.15) is 0 Å². The molecule has 0 saturated heterocycles. The summed E-state index contributed by atoms with van der Waals surface area (Å²) in [4.78, 5) is 13.8. The van der Waals surface area contributed by atoms with Gasteiger partial charge < -0.3 is 25.4 Å². The Labute approximate surface area is 150 Å². The molecule has 8 heteroatoms. The van der Waals surface area contributed by atoms with Crippen molar-refractivity contribution in [1.82, 2.24) is 10.2 Å². The number of rotatable bonds is 9. The number of carbonyl (C=O) groups excluding carboxylic acids is 1. The van der Waals surface area contributed by atoms with Crippen LogP contribution in [-0.4, -0.2) is 57.8 Å². The Morgan fingerprint density at radius 1 is 1.30 bits per heavy atom. The molecule has 1 amide bonds. The smallest absolute Gasteiger partial charge is 0.239 e. The topological polar surface area (TPSA) is 76.8 Å². The van der Waals surface area contributed by atoms with Crippen LogP contribution in [-0.2, 0) is 16.1 Å². The van der Waals surface area contributed by atoms with Gasteiger partial charge >= 0.3 is 0 Å². The predicted molar refractivity (Wildman–Crippen MR) is 96.7 cm³/mol. The number of likely N-dealkylation sites (N-methyl/N-ethyl adjacent to an activating group) is 1. The van der Waals surface area contributed by atoms with Gasteiger partial charge in [0.2, 0.25) is 5.91 Å². The van der Waals surface area contributed by atoms with Crippen LogP contribution >= 0.6 is 24.8 Å². The maximum Gasteiger partial charge on any atom is 0.239 e. The van der Waals surface area contributed by atoms with E-state index in [0.29, 0.717) is 13.2 Å². The van der Waals surface area contributed by atoms with Crippen molar-refractivity contribution in [1.29, 1.82) is 0 Å². The van der Waals surface area contributed by atoms with Gasteiger partial charge in [-0.05, 0) is 20.2 Å². The lowest BCUT2D eigenvalue weighted by Gasteiger charge is -2.15.